The second kappa shape index (κ2) is 6.98. The van der Waals surface area contributed by atoms with Crippen LogP contribution in [-0.4, -0.2) is 50.5 Å². The summed E-state index contributed by atoms with van der Waals surface area (Å²) in [4.78, 5) is 11.9. The van der Waals surface area contributed by atoms with Gasteiger partial charge >= 0.3 is 23.9 Å². The fourth-order valence-corrected chi connectivity index (χ4v) is 2.84. The molecular formula is C12H12BF6NO5S. The van der Waals surface area contributed by atoms with Gasteiger partial charge in [-0.1, -0.05) is 17.9 Å². The summed E-state index contributed by atoms with van der Waals surface area (Å²) in [7, 11) is -4.26. The molecule has 1 aromatic rings. The van der Waals surface area contributed by atoms with Crippen LogP contribution in [0, 0.1) is 0 Å². The zero-order valence-electron chi connectivity index (χ0n) is 13.0. The summed E-state index contributed by atoms with van der Waals surface area (Å²) in [6.45, 7) is 0. The molecule has 0 spiro atoms. The first-order valence-electron chi connectivity index (χ1n) is 6.74. The van der Waals surface area contributed by atoms with E-state index in [1.54, 1.807) is 7.85 Å². The molecule has 0 radical (unpaired) electrons. The third kappa shape index (κ3) is 4.61. The van der Waals surface area contributed by atoms with Gasteiger partial charge < -0.3 is 10.5 Å². The van der Waals surface area contributed by atoms with E-state index in [9.17, 15) is 39.6 Å². The van der Waals surface area contributed by atoms with E-state index in [2.05, 4.69) is 4.74 Å². The van der Waals surface area contributed by atoms with Gasteiger partial charge in [0.1, 0.15) is 13.6 Å². The minimum absolute atomic E-state index is 0.273. The summed E-state index contributed by atoms with van der Waals surface area (Å²) in [5, 5.41) is 0. The van der Waals surface area contributed by atoms with Crippen molar-refractivity contribution in [2.75, 3.05) is 11.5 Å². The topological polar surface area (TPSA) is 107 Å². The van der Waals surface area contributed by atoms with Gasteiger partial charge in [-0.2, -0.15) is 34.8 Å². The minimum Gasteiger partial charge on any atom is -0.435 e. The van der Waals surface area contributed by atoms with Crippen molar-refractivity contribution in [2.24, 2.45) is 0 Å². The molecule has 0 saturated heterocycles. The highest BCUT2D eigenvalue weighted by atomic mass is 32.2. The van der Waals surface area contributed by atoms with E-state index in [-0.39, 0.29) is 6.32 Å². The van der Waals surface area contributed by atoms with Crippen LogP contribution < -0.4 is 5.73 Å². The molecule has 0 unspecified atom stereocenters. The molecule has 1 aromatic carbocycles. The molecule has 0 amide bonds. The highest BCUT2D eigenvalue weighted by Gasteiger charge is 2.76. The molecule has 0 aliphatic heterocycles. The summed E-state index contributed by atoms with van der Waals surface area (Å²) in [5.74, 6) is -5.09. The van der Waals surface area contributed by atoms with Crippen LogP contribution in [0.3, 0.4) is 0 Å². The number of carbonyl (C=O) groups is 1. The van der Waals surface area contributed by atoms with Crippen LogP contribution in [-0.2, 0) is 21.2 Å². The van der Waals surface area contributed by atoms with Crippen molar-refractivity contribution in [3.63, 3.8) is 0 Å². The third-order valence-corrected chi connectivity index (χ3v) is 4.09. The second-order valence-corrected chi connectivity index (χ2v) is 6.67. The van der Waals surface area contributed by atoms with Crippen LogP contribution in [0.2, 0.25) is 0 Å². The predicted molar refractivity (Wildman–Crippen MR) is 79.8 cm³/mol. The number of esters is 1. The number of halogens is 6. The van der Waals surface area contributed by atoms with Crippen molar-refractivity contribution in [1.82, 2.24) is 0 Å². The fraction of sp³-hybridized carbons (Fsp3) is 0.417. The zero-order valence-corrected chi connectivity index (χ0v) is 13.8. The Morgan fingerprint density at radius 1 is 1.15 bits per heavy atom. The number of benzene rings is 1. The normalized spacial score (nSPS) is 13.5. The number of alkyl halides is 6. The van der Waals surface area contributed by atoms with E-state index >= 15 is 0 Å². The van der Waals surface area contributed by atoms with Gasteiger partial charge in [0.25, 0.3) is 10.1 Å². The van der Waals surface area contributed by atoms with Gasteiger partial charge in [-0.3, -0.25) is 4.55 Å². The lowest BCUT2D eigenvalue weighted by Gasteiger charge is -2.35. The molecule has 6 nitrogen and oxygen atoms in total. The first-order chi connectivity index (χ1) is 11.5. The van der Waals surface area contributed by atoms with Crippen molar-refractivity contribution in [2.45, 2.75) is 24.3 Å². The first kappa shape index (κ1) is 22.1. The molecule has 0 aromatic heterocycles. The van der Waals surface area contributed by atoms with Gasteiger partial charge in [-0.15, -0.1) is 0 Å². The highest BCUT2D eigenvalue weighted by Crippen LogP contribution is 2.47. The third-order valence-electron chi connectivity index (χ3n) is 3.31. The molecule has 0 aliphatic carbocycles. The molecule has 14 heteroatoms. The largest absolute Gasteiger partial charge is 0.438 e. The monoisotopic (exact) mass is 407 g/mol. The fourth-order valence-electron chi connectivity index (χ4n) is 1.94. The summed E-state index contributed by atoms with van der Waals surface area (Å²) in [6, 6.07) is 3.37. The molecule has 0 aliphatic rings. The minimum atomic E-state index is -6.40. The first-order valence-corrected chi connectivity index (χ1v) is 8.35. The number of nitrogen functional groups attached to an aromatic ring is 1. The quantitative estimate of drug-likeness (QED) is 0.251. The van der Waals surface area contributed by atoms with Gasteiger partial charge in [0, 0.05) is 5.69 Å². The Balaban J connectivity index is 3.53. The summed E-state index contributed by atoms with van der Waals surface area (Å²) >= 11 is 0. The Hall–Kier alpha value is -1.96. The predicted octanol–water partition coefficient (Wildman–Crippen LogP) is 1.31. The number of anilines is 1. The number of hydrogen-bond acceptors (Lipinski definition) is 5. The smallest absolute Gasteiger partial charge is 0.435 e. The lowest BCUT2D eigenvalue weighted by molar-refractivity contribution is -0.356. The van der Waals surface area contributed by atoms with Crippen LogP contribution in [0.5, 0.6) is 0 Å². The number of rotatable bonds is 5. The van der Waals surface area contributed by atoms with Gasteiger partial charge in [0.15, 0.2) is 0 Å². The summed E-state index contributed by atoms with van der Waals surface area (Å²) in [5.41, 5.74) is -1.02. The Morgan fingerprint density at radius 2 is 1.65 bits per heavy atom. The van der Waals surface area contributed by atoms with Gasteiger partial charge in [-0.05, 0) is 12.1 Å². The molecule has 146 valence electrons. The second-order valence-electron chi connectivity index (χ2n) is 5.21. The Bertz CT molecular complexity index is 778. The van der Waals surface area contributed by atoms with E-state index in [0.717, 1.165) is 12.1 Å². The van der Waals surface area contributed by atoms with Gasteiger partial charge in [0.05, 0.1) is 5.56 Å². The van der Waals surface area contributed by atoms with Gasteiger partial charge in [0.2, 0.25) is 0 Å². The molecule has 0 heterocycles. The highest BCUT2D eigenvalue weighted by molar-refractivity contribution is 7.85. The molecule has 0 atom stereocenters. The van der Waals surface area contributed by atoms with E-state index in [0.29, 0.717) is 5.56 Å². The standard InChI is InChI=1S/C12H12BF6NO5S/c13-4-6-1-2-8(20)7(3-6)9(21)25-10(11(14,15)16,12(17,18)19)5-26(22,23)24/h1-3H,4-5,13,20H2,(H,22,23,24). The molecule has 0 saturated carbocycles. The molecule has 26 heavy (non-hydrogen) atoms. The van der Waals surface area contributed by atoms with Crippen molar-refractivity contribution in [1.29, 1.82) is 0 Å². The SMILES string of the molecule is BCc1ccc(N)c(C(=O)OC(CS(=O)(=O)O)(C(F)(F)F)C(F)(F)F)c1. The average molecular weight is 407 g/mol. The van der Waals surface area contributed by atoms with Crippen molar-refractivity contribution in [3.05, 3.63) is 29.3 Å². The van der Waals surface area contributed by atoms with E-state index in [1.165, 1.54) is 6.07 Å². The van der Waals surface area contributed by atoms with E-state index < -0.39 is 51.0 Å². The van der Waals surface area contributed by atoms with Crippen molar-refractivity contribution < 1.29 is 48.8 Å². The van der Waals surface area contributed by atoms with Crippen LogP contribution in [0.25, 0.3) is 0 Å². The van der Waals surface area contributed by atoms with Crippen LogP contribution in [0.4, 0.5) is 32.0 Å². The molecule has 0 fully saturated rings. The van der Waals surface area contributed by atoms with Crippen LogP contribution in [0.15, 0.2) is 18.2 Å². The molecule has 1 rings (SSSR count). The Morgan fingerprint density at radius 3 is 2.04 bits per heavy atom. The van der Waals surface area contributed by atoms with Crippen LogP contribution >= 0.6 is 0 Å². The summed E-state index contributed by atoms with van der Waals surface area (Å²) in [6.07, 6.45) is -12.5. The lowest BCUT2D eigenvalue weighted by Crippen LogP contribution is -2.63. The molecular weight excluding hydrogens is 395 g/mol. The average Bonchev–Trinajstić information content (AvgIpc) is 2.43. The van der Waals surface area contributed by atoms with Crippen molar-refractivity contribution >= 4 is 29.6 Å². The van der Waals surface area contributed by atoms with Crippen molar-refractivity contribution in [3.8, 4) is 0 Å². The van der Waals surface area contributed by atoms with Crippen LogP contribution in [0.1, 0.15) is 15.9 Å². The zero-order chi connectivity index (χ0) is 20.6. The molecule has 3 N–H and O–H groups in total. The maximum Gasteiger partial charge on any atom is 0.438 e. The number of carbonyl (C=O) groups excluding carboxylic acids is 1. The van der Waals surface area contributed by atoms with E-state index in [1.807, 2.05) is 0 Å². The Kier molecular flexibility index (Phi) is 5.93. The molecule has 0 bridgehead atoms. The number of ether oxygens (including phenoxy) is 1. The van der Waals surface area contributed by atoms with Gasteiger partial charge in [-0.25, -0.2) is 4.79 Å². The van der Waals surface area contributed by atoms with E-state index in [4.69, 9.17) is 10.3 Å². The maximum absolute atomic E-state index is 13.1. The summed E-state index contributed by atoms with van der Waals surface area (Å²) < 4.78 is 112. The Labute approximate surface area is 144 Å². The number of nitrogens with two attached hydrogens (primary N) is 1. The number of hydrogen-bond donors (Lipinski definition) is 2. The lowest BCUT2D eigenvalue weighted by atomic mass is 9.95. The maximum atomic E-state index is 13.1.